The van der Waals surface area contributed by atoms with Crippen molar-refractivity contribution in [2.45, 2.75) is 32.2 Å². The Morgan fingerprint density at radius 2 is 2.05 bits per heavy atom. The highest BCUT2D eigenvalue weighted by Crippen LogP contribution is 2.25. The Labute approximate surface area is 129 Å². The minimum absolute atomic E-state index is 0.179. The molecule has 118 valence electrons. The van der Waals surface area contributed by atoms with Crippen molar-refractivity contribution < 1.29 is 19.4 Å². The van der Waals surface area contributed by atoms with Crippen LogP contribution in [0.15, 0.2) is 18.2 Å². The summed E-state index contributed by atoms with van der Waals surface area (Å²) in [6.45, 7) is 2.64. The summed E-state index contributed by atoms with van der Waals surface area (Å²) in [5.74, 6) is -0.287. The van der Waals surface area contributed by atoms with Gasteiger partial charge in [-0.15, -0.1) is 0 Å². The van der Waals surface area contributed by atoms with Crippen molar-refractivity contribution in [1.82, 2.24) is 4.90 Å². The van der Waals surface area contributed by atoms with Crippen molar-refractivity contribution in [2.24, 2.45) is 5.92 Å². The minimum Gasteiger partial charge on any atom is -0.478 e. The first-order chi connectivity index (χ1) is 10.6. The van der Waals surface area contributed by atoms with Crippen LogP contribution in [0, 0.1) is 5.92 Å². The van der Waals surface area contributed by atoms with Gasteiger partial charge in [0.05, 0.1) is 5.56 Å². The van der Waals surface area contributed by atoms with Gasteiger partial charge in [0.2, 0.25) is 5.91 Å². The van der Waals surface area contributed by atoms with Gasteiger partial charge in [-0.1, -0.05) is 12.1 Å². The van der Waals surface area contributed by atoms with Gasteiger partial charge in [0.1, 0.15) is 0 Å². The molecule has 0 aromatic heterocycles. The molecule has 0 radical (unpaired) electrons. The molecule has 1 N–H and O–H groups in total. The van der Waals surface area contributed by atoms with Crippen LogP contribution in [-0.2, 0) is 22.5 Å². The van der Waals surface area contributed by atoms with Gasteiger partial charge < -0.3 is 14.7 Å². The zero-order chi connectivity index (χ0) is 15.5. The molecule has 5 nitrogen and oxygen atoms in total. The van der Waals surface area contributed by atoms with E-state index in [-0.39, 0.29) is 5.91 Å². The van der Waals surface area contributed by atoms with Crippen LogP contribution in [0.1, 0.15) is 40.7 Å². The fraction of sp³-hybridized carbons (Fsp3) is 0.529. The van der Waals surface area contributed by atoms with Crippen molar-refractivity contribution in [2.75, 3.05) is 19.8 Å². The monoisotopic (exact) mass is 303 g/mol. The summed E-state index contributed by atoms with van der Waals surface area (Å²) in [4.78, 5) is 25.6. The number of benzene rings is 1. The molecule has 0 aliphatic carbocycles. The Kier molecular flexibility index (Phi) is 4.43. The van der Waals surface area contributed by atoms with E-state index in [1.54, 1.807) is 12.1 Å². The predicted octanol–water partition coefficient (Wildman–Crippen LogP) is 2.09. The van der Waals surface area contributed by atoms with Crippen molar-refractivity contribution in [1.29, 1.82) is 0 Å². The Balaban J connectivity index is 1.67. The van der Waals surface area contributed by atoms with Crippen molar-refractivity contribution in [3.8, 4) is 0 Å². The summed E-state index contributed by atoms with van der Waals surface area (Å²) >= 11 is 0. The SMILES string of the molecule is O=C(O)c1cccc2c1CCN(C(=O)CC1CCOCC1)C2. The third kappa shape index (κ3) is 3.14. The molecule has 1 saturated heterocycles. The summed E-state index contributed by atoms with van der Waals surface area (Å²) in [6.07, 6.45) is 3.12. The first-order valence-corrected chi connectivity index (χ1v) is 7.84. The van der Waals surface area contributed by atoms with E-state index in [0.717, 1.165) is 37.2 Å². The number of hydrogen-bond donors (Lipinski definition) is 1. The number of carbonyl (C=O) groups is 2. The molecular weight excluding hydrogens is 282 g/mol. The van der Waals surface area contributed by atoms with E-state index in [0.29, 0.717) is 37.4 Å². The summed E-state index contributed by atoms with van der Waals surface area (Å²) < 4.78 is 5.33. The van der Waals surface area contributed by atoms with Gasteiger partial charge in [-0.05, 0) is 42.4 Å². The first-order valence-electron chi connectivity index (χ1n) is 7.84. The number of carboxylic acid groups (broad SMARTS) is 1. The number of fused-ring (bicyclic) bond motifs is 1. The Morgan fingerprint density at radius 3 is 2.77 bits per heavy atom. The lowest BCUT2D eigenvalue weighted by molar-refractivity contribution is -0.133. The maximum atomic E-state index is 12.5. The number of carbonyl (C=O) groups excluding carboxylic acids is 1. The fourth-order valence-corrected chi connectivity index (χ4v) is 3.35. The summed E-state index contributed by atoms with van der Waals surface area (Å²) in [6, 6.07) is 5.32. The lowest BCUT2D eigenvalue weighted by atomic mass is 9.92. The zero-order valence-electron chi connectivity index (χ0n) is 12.6. The summed E-state index contributed by atoms with van der Waals surface area (Å²) in [7, 11) is 0. The molecule has 0 unspecified atom stereocenters. The topological polar surface area (TPSA) is 66.8 Å². The minimum atomic E-state index is -0.890. The van der Waals surface area contributed by atoms with Crippen LogP contribution in [0.4, 0.5) is 0 Å². The second-order valence-electron chi connectivity index (χ2n) is 6.07. The van der Waals surface area contributed by atoms with Crippen molar-refractivity contribution in [3.63, 3.8) is 0 Å². The molecule has 1 aromatic carbocycles. The molecule has 22 heavy (non-hydrogen) atoms. The number of rotatable bonds is 3. The molecule has 2 aliphatic rings. The third-order valence-electron chi connectivity index (χ3n) is 4.65. The molecule has 0 atom stereocenters. The molecular formula is C17H21NO4. The largest absolute Gasteiger partial charge is 0.478 e. The third-order valence-corrected chi connectivity index (χ3v) is 4.65. The van der Waals surface area contributed by atoms with Crippen LogP contribution in [-0.4, -0.2) is 41.6 Å². The molecule has 2 heterocycles. The zero-order valence-corrected chi connectivity index (χ0v) is 12.6. The van der Waals surface area contributed by atoms with Crippen LogP contribution in [0.5, 0.6) is 0 Å². The standard InChI is InChI=1S/C17H21NO4/c19-16(10-12-5-8-22-9-6-12)18-7-4-14-13(11-18)2-1-3-15(14)17(20)21/h1-3,12H,4-11H2,(H,20,21). The predicted molar refractivity (Wildman–Crippen MR) is 80.7 cm³/mol. The van der Waals surface area contributed by atoms with Gasteiger partial charge in [-0.2, -0.15) is 0 Å². The fourth-order valence-electron chi connectivity index (χ4n) is 3.35. The van der Waals surface area contributed by atoms with Crippen LogP contribution < -0.4 is 0 Å². The van der Waals surface area contributed by atoms with Gasteiger partial charge in [-0.25, -0.2) is 4.79 Å². The highest BCUT2D eigenvalue weighted by atomic mass is 16.5. The molecule has 0 bridgehead atoms. The number of carboxylic acids is 1. The second kappa shape index (κ2) is 6.48. The smallest absolute Gasteiger partial charge is 0.335 e. The highest BCUT2D eigenvalue weighted by molar-refractivity contribution is 5.90. The van der Waals surface area contributed by atoms with Gasteiger partial charge in [-0.3, -0.25) is 4.79 Å². The van der Waals surface area contributed by atoms with Crippen molar-refractivity contribution in [3.05, 3.63) is 34.9 Å². The summed E-state index contributed by atoms with van der Waals surface area (Å²) in [5.41, 5.74) is 2.21. The van der Waals surface area contributed by atoms with Gasteiger partial charge in [0.15, 0.2) is 0 Å². The highest BCUT2D eigenvalue weighted by Gasteiger charge is 2.26. The van der Waals surface area contributed by atoms with Crippen molar-refractivity contribution >= 4 is 11.9 Å². The molecule has 2 aliphatic heterocycles. The molecule has 0 spiro atoms. The lowest BCUT2D eigenvalue weighted by Crippen LogP contribution is -2.38. The van der Waals surface area contributed by atoms with Gasteiger partial charge in [0, 0.05) is 32.7 Å². The van der Waals surface area contributed by atoms with Crippen LogP contribution in [0.25, 0.3) is 0 Å². The molecule has 5 heteroatoms. The number of aromatic carboxylic acids is 1. The maximum absolute atomic E-state index is 12.5. The number of amides is 1. The van der Waals surface area contributed by atoms with Gasteiger partial charge in [0.25, 0.3) is 0 Å². The van der Waals surface area contributed by atoms with E-state index in [4.69, 9.17) is 4.74 Å². The number of hydrogen-bond acceptors (Lipinski definition) is 3. The number of ether oxygens (including phenoxy) is 1. The molecule has 1 fully saturated rings. The number of nitrogens with zero attached hydrogens (tertiary/aromatic N) is 1. The Morgan fingerprint density at radius 1 is 1.27 bits per heavy atom. The van der Waals surface area contributed by atoms with E-state index >= 15 is 0 Å². The first kappa shape index (κ1) is 15.0. The lowest BCUT2D eigenvalue weighted by Gasteiger charge is -2.31. The molecule has 1 amide bonds. The molecule has 3 rings (SSSR count). The summed E-state index contributed by atoms with van der Waals surface area (Å²) in [5, 5.41) is 9.24. The van der Waals surface area contributed by atoms with Gasteiger partial charge >= 0.3 is 5.97 Å². The van der Waals surface area contributed by atoms with E-state index in [1.807, 2.05) is 11.0 Å². The van der Waals surface area contributed by atoms with E-state index in [1.165, 1.54) is 0 Å². The van der Waals surface area contributed by atoms with Crippen LogP contribution >= 0.6 is 0 Å². The van der Waals surface area contributed by atoms with E-state index in [2.05, 4.69) is 0 Å². The maximum Gasteiger partial charge on any atom is 0.335 e. The Hall–Kier alpha value is -1.88. The van der Waals surface area contributed by atoms with E-state index < -0.39 is 5.97 Å². The molecule has 0 saturated carbocycles. The average Bonchev–Trinajstić information content (AvgIpc) is 2.54. The van der Waals surface area contributed by atoms with Crippen LogP contribution in [0.2, 0.25) is 0 Å². The quantitative estimate of drug-likeness (QED) is 0.928. The average molecular weight is 303 g/mol. The van der Waals surface area contributed by atoms with E-state index in [9.17, 15) is 14.7 Å². The normalized spacial score (nSPS) is 18.8. The Bertz CT molecular complexity index is 578. The van der Waals surface area contributed by atoms with Crippen LogP contribution in [0.3, 0.4) is 0 Å². The molecule has 1 aromatic rings. The second-order valence-corrected chi connectivity index (χ2v) is 6.07.